The van der Waals surface area contributed by atoms with Crippen LogP contribution in [0, 0.1) is 6.92 Å². The van der Waals surface area contributed by atoms with Gasteiger partial charge in [0.15, 0.2) is 5.82 Å². The molecule has 0 aliphatic rings. The summed E-state index contributed by atoms with van der Waals surface area (Å²) in [6.07, 6.45) is 0. The molecule has 7 nitrogen and oxygen atoms in total. The zero-order valence-corrected chi connectivity index (χ0v) is 17.5. The summed E-state index contributed by atoms with van der Waals surface area (Å²) in [6.45, 7) is 6.40. The van der Waals surface area contributed by atoms with Crippen LogP contribution in [-0.4, -0.2) is 41.9 Å². The van der Waals surface area contributed by atoms with E-state index in [2.05, 4.69) is 15.5 Å². The van der Waals surface area contributed by atoms with Crippen LogP contribution in [-0.2, 0) is 10.0 Å². The Balaban J connectivity index is 1.73. The summed E-state index contributed by atoms with van der Waals surface area (Å²) in [5, 5.41) is 9.75. The van der Waals surface area contributed by atoms with Crippen LogP contribution < -0.4 is 5.32 Å². The number of aromatic amines is 1. The van der Waals surface area contributed by atoms with Crippen molar-refractivity contribution in [2.75, 3.05) is 18.4 Å². The smallest absolute Gasteiger partial charge is 0.256 e. The Bertz CT molecular complexity index is 1060. The molecule has 0 aliphatic heterocycles. The van der Waals surface area contributed by atoms with Crippen molar-refractivity contribution in [2.45, 2.75) is 25.7 Å². The monoisotopic (exact) mass is 418 g/mol. The summed E-state index contributed by atoms with van der Waals surface area (Å²) in [5.74, 6) is 0.0538. The number of aromatic nitrogens is 2. The van der Waals surface area contributed by atoms with E-state index in [1.807, 2.05) is 19.1 Å². The molecule has 0 saturated carbocycles. The van der Waals surface area contributed by atoms with Gasteiger partial charge in [0.25, 0.3) is 5.91 Å². The fourth-order valence-electron chi connectivity index (χ4n) is 2.77. The van der Waals surface area contributed by atoms with Gasteiger partial charge in [0.05, 0.1) is 15.5 Å². The molecule has 0 radical (unpaired) electrons. The van der Waals surface area contributed by atoms with Crippen LogP contribution in [0.1, 0.15) is 29.1 Å². The number of H-pyrrole nitrogens is 1. The molecule has 28 heavy (non-hydrogen) atoms. The number of carbonyl (C=O) groups is 1. The number of nitrogens with zero attached hydrogens (tertiary/aromatic N) is 2. The number of carbonyl (C=O) groups excluding carboxylic acids is 1. The van der Waals surface area contributed by atoms with Crippen molar-refractivity contribution >= 4 is 33.1 Å². The minimum absolute atomic E-state index is 0.169. The molecule has 0 fully saturated rings. The molecule has 0 aliphatic carbocycles. The predicted molar refractivity (Wildman–Crippen MR) is 111 cm³/mol. The molecular formula is C19H22N4O3S2. The molecule has 3 aromatic rings. The normalized spacial score (nSPS) is 11.7. The SMILES string of the molecule is CCN(CC)S(=O)(=O)c1ccc(C(=O)Nc2cc(-c3ccc(C)s3)[nH]n2)cc1. The number of thiophene rings is 1. The fraction of sp³-hybridized carbons (Fsp3) is 0.263. The van der Waals surface area contributed by atoms with Gasteiger partial charge in [-0.25, -0.2) is 8.42 Å². The van der Waals surface area contributed by atoms with E-state index >= 15 is 0 Å². The molecule has 0 spiro atoms. The zero-order valence-electron chi connectivity index (χ0n) is 15.9. The van der Waals surface area contributed by atoms with Crippen molar-refractivity contribution in [2.24, 2.45) is 0 Å². The first-order valence-electron chi connectivity index (χ1n) is 8.89. The number of aryl methyl sites for hydroxylation is 1. The third-order valence-corrected chi connectivity index (χ3v) is 7.38. The molecule has 0 bridgehead atoms. The predicted octanol–water partition coefficient (Wildman–Crippen LogP) is 3.73. The molecule has 2 aromatic heterocycles. The quantitative estimate of drug-likeness (QED) is 0.611. The second-order valence-corrected chi connectivity index (χ2v) is 9.37. The summed E-state index contributed by atoms with van der Waals surface area (Å²) in [7, 11) is -3.54. The lowest BCUT2D eigenvalue weighted by atomic mass is 10.2. The average Bonchev–Trinajstić information content (AvgIpc) is 3.31. The lowest BCUT2D eigenvalue weighted by molar-refractivity contribution is 0.102. The molecule has 1 aromatic carbocycles. The number of sulfonamides is 1. The molecule has 1 amide bonds. The van der Waals surface area contributed by atoms with Crippen LogP contribution in [0.15, 0.2) is 47.4 Å². The van der Waals surface area contributed by atoms with Crippen LogP contribution in [0.2, 0.25) is 0 Å². The van der Waals surface area contributed by atoms with Gasteiger partial charge in [0.2, 0.25) is 10.0 Å². The molecule has 148 valence electrons. The van der Waals surface area contributed by atoms with E-state index in [1.54, 1.807) is 31.3 Å². The molecule has 0 saturated heterocycles. The second-order valence-electron chi connectivity index (χ2n) is 6.14. The number of anilines is 1. The van der Waals surface area contributed by atoms with Gasteiger partial charge in [-0.1, -0.05) is 13.8 Å². The van der Waals surface area contributed by atoms with Gasteiger partial charge in [0.1, 0.15) is 0 Å². The van der Waals surface area contributed by atoms with Gasteiger partial charge in [-0.15, -0.1) is 11.3 Å². The Labute approximate surface area is 168 Å². The largest absolute Gasteiger partial charge is 0.305 e. The molecular weight excluding hydrogens is 396 g/mol. The average molecular weight is 419 g/mol. The van der Waals surface area contributed by atoms with E-state index in [0.717, 1.165) is 10.6 Å². The van der Waals surface area contributed by atoms with Gasteiger partial charge in [-0.2, -0.15) is 9.40 Å². The van der Waals surface area contributed by atoms with Crippen LogP contribution in [0.4, 0.5) is 5.82 Å². The summed E-state index contributed by atoms with van der Waals surface area (Å²) in [4.78, 5) is 14.8. The van der Waals surface area contributed by atoms with Crippen LogP contribution in [0.5, 0.6) is 0 Å². The molecule has 9 heteroatoms. The fourth-order valence-corrected chi connectivity index (χ4v) is 5.06. The van der Waals surface area contributed by atoms with E-state index < -0.39 is 10.0 Å². The van der Waals surface area contributed by atoms with Crippen molar-refractivity contribution < 1.29 is 13.2 Å². The summed E-state index contributed by atoms with van der Waals surface area (Å²) in [5.41, 5.74) is 1.18. The zero-order chi connectivity index (χ0) is 20.3. The highest BCUT2D eigenvalue weighted by Crippen LogP contribution is 2.27. The lowest BCUT2D eigenvalue weighted by Gasteiger charge is -2.18. The molecule has 2 N–H and O–H groups in total. The molecule has 2 heterocycles. The van der Waals surface area contributed by atoms with Crippen molar-refractivity contribution in [3.05, 3.63) is 52.9 Å². The maximum absolute atomic E-state index is 12.5. The minimum Gasteiger partial charge on any atom is -0.305 e. The number of hydrogen-bond donors (Lipinski definition) is 2. The summed E-state index contributed by atoms with van der Waals surface area (Å²) >= 11 is 1.63. The maximum Gasteiger partial charge on any atom is 0.256 e. The maximum atomic E-state index is 12.5. The van der Waals surface area contributed by atoms with Gasteiger partial charge >= 0.3 is 0 Å². The third kappa shape index (κ3) is 4.16. The van der Waals surface area contributed by atoms with E-state index in [4.69, 9.17) is 0 Å². The number of nitrogens with one attached hydrogen (secondary N) is 2. The lowest BCUT2D eigenvalue weighted by Crippen LogP contribution is -2.30. The van der Waals surface area contributed by atoms with E-state index in [9.17, 15) is 13.2 Å². The molecule has 3 rings (SSSR count). The number of amides is 1. The number of rotatable bonds is 7. The highest BCUT2D eigenvalue weighted by atomic mass is 32.2. The Morgan fingerprint density at radius 3 is 2.39 bits per heavy atom. The summed E-state index contributed by atoms with van der Waals surface area (Å²) < 4.78 is 26.4. The van der Waals surface area contributed by atoms with Crippen molar-refractivity contribution in [3.8, 4) is 10.6 Å². The first-order valence-corrected chi connectivity index (χ1v) is 11.1. The number of benzene rings is 1. The Hall–Kier alpha value is -2.49. The molecule has 0 atom stereocenters. The van der Waals surface area contributed by atoms with E-state index in [1.165, 1.54) is 33.4 Å². The minimum atomic E-state index is -3.54. The van der Waals surface area contributed by atoms with Gasteiger partial charge in [-0.3, -0.25) is 9.89 Å². The topological polar surface area (TPSA) is 95.2 Å². The Morgan fingerprint density at radius 1 is 1.14 bits per heavy atom. The van der Waals surface area contributed by atoms with Gasteiger partial charge in [0, 0.05) is 29.6 Å². The first-order chi connectivity index (χ1) is 13.3. The summed E-state index contributed by atoms with van der Waals surface area (Å²) in [6, 6.07) is 11.7. The highest BCUT2D eigenvalue weighted by molar-refractivity contribution is 7.89. The van der Waals surface area contributed by atoms with Crippen molar-refractivity contribution in [1.29, 1.82) is 0 Å². The number of hydrogen-bond acceptors (Lipinski definition) is 5. The van der Waals surface area contributed by atoms with Gasteiger partial charge < -0.3 is 5.32 Å². The van der Waals surface area contributed by atoms with Crippen molar-refractivity contribution in [1.82, 2.24) is 14.5 Å². The standard InChI is InChI=1S/C19H22N4O3S2/c1-4-23(5-2)28(25,26)15-9-7-14(8-10-15)19(24)20-18-12-16(21-22-18)17-11-6-13(3)27-17/h6-12H,4-5H2,1-3H3,(H2,20,21,22,24). The second kappa shape index (κ2) is 8.26. The van der Waals surface area contributed by atoms with Crippen LogP contribution in [0.3, 0.4) is 0 Å². The van der Waals surface area contributed by atoms with Crippen LogP contribution >= 0.6 is 11.3 Å². The van der Waals surface area contributed by atoms with Gasteiger partial charge in [-0.05, 0) is 43.3 Å². The first kappa shape index (κ1) is 20.2. The Kier molecular flexibility index (Phi) is 5.97. The van der Waals surface area contributed by atoms with E-state index in [0.29, 0.717) is 24.5 Å². The van der Waals surface area contributed by atoms with Crippen LogP contribution in [0.25, 0.3) is 10.6 Å². The third-order valence-electron chi connectivity index (χ3n) is 4.28. The molecule has 0 unspecified atom stereocenters. The van der Waals surface area contributed by atoms with Crippen molar-refractivity contribution in [3.63, 3.8) is 0 Å². The Morgan fingerprint density at radius 2 is 1.82 bits per heavy atom. The highest BCUT2D eigenvalue weighted by Gasteiger charge is 2.21. The van der Waals surface area contributed by atoms with E-state index in [-0.39, 0.29) is 10.8 Å².